The van der Waals surface area contributed by atoms with E-state index in [2.05, 4.69) is 60.4 Å². The summed E-state index contributed by atoms with van der Waals surface area (Å²) in [7, 11) is 0. The van der Waals surface area contributed by atoms with Crippen molar-refractivity contribution in [3.63, 3.8) is 0 Å². The average Bonchev–Trinajstić information content (AvgIpc) is 2.69. The maximum absolute atomic E-state index is 11.8. The lowest BCUT2D eigenvalue weighted by molar-refractivity contribution is -0.152. The second-order valence-corrected chi connectivity index (χ2v) is 7.10. The fraction of sp³-hybridized carbons (Fsp3) is 0.435. The molecule has 0 aliphatic carbocycles. The monoisotopic (exact) mass is 367 g/mol. The summed E-state index contributed by atoms with van der Waals surface area (Å²) in [6.07, 6.45) is 3.18. The zero-order chi connectivity index (χ0) is 19.1. The van der Waals surface area contributed by atoms with Gasteiger partial charge in [0.25, 0.3) is 0 Å². The first kappa shape index (κ1) is 19.6. The molecule has 0 N–H and O–H groups in total. The number of hydrogen-bond donors (Lipinski definition) is 0. The third-order valence-corrected chi connectivity index (χ3v) is 4.97. The molecule has 4 nitrogen and oxygen atoms in total. The Morgan fingerprint density at radius 2 is 1.70 bits per heavy atom. The molecule has 1 atom stereocenters. The summed E-state index contributed by atoms with van der Waals surface area (Å²) in [5.41, 5.74) is 4.84. The molecule has 3 rings (SSSR count). The molecule has 0 saturated carbocycles. The minimum absolute atomic E-state index is 0.0140. The van der Waals surface area contributed by atoms with Gasteiger partial charge in [-0.1, -0.05) is 54.1 Å². The van der Waals surface area contributed by atoms with Crippen LogP contribution in [-0.2, 0) is 20.9 Å². The van der Waals surface area contributed by atoms with Crippen LogP contribution in [0.4, 0.5) is 0 Å². The van der Waals surface area contributed by atoms with E-state index in [1.165, 1.54) is 16.7 Å². The van der Waals surface area contributed by atoms with Crippen molar-refractivity contribution < 1.29 is 14.3 Å². The predicted molar refractivity (Wildman–Crippen MR) is 107 cm³/mol. The quantitative estimate of drug-likeness (QED) is 0.673. The molecule has 1 aliphatic heterocycles. The minimum atomic E-state index is -0.171. The third-order valence-electron chi connectivity index (χ3n) is 4.97. The Labute approximate surface area is 162 Å². The smallest absolute Gasteiger partial charge is 0.320 e. The fourth-order valence-corrected chi connectivity index (χ4v) is 3.43. The molecular formula is C23H29NO3. The Bertz CT molecular complexity index is 724. The van der Waals surface area contributed by atoms with Crippen molar-refractivity contribution in [2.45, 2.75) is 45.9 Å². The number of benzene rings is 2. The molecule has 0 amide bonds. The van der Waals surface area contributed by atoms with Gasteiger partial charge in [0.15, 0.2) is 0 Å². The van der Waals surface area contributed by atoms with Crippen molar-refractivity contribution in [3.05, 3.63) is 59.7 Å². The topological polar surface area (TPSA) is 38.8 Å². The van der Waals surface area contributed by atoms with Gasteiger partial charge in [0.1, 0.15) is 6.23 Å². The van der Waals surface area contributed by atoms with Gasteiger partial charge >= 0.3 is 5.97 Å². The van der Waals surface area contributed by atoms with E-state index in [-0.39, 0.29) is 12.2 Å². The van der Waals surface area contributed by atoms with Crippen LogP contribution in [0.25, 0.3) is 11.1 Å². The second-order valence-electron chi connectivity index (χ2n) is 7.10. The van der Waals surface area contributed by atoms with Gasteiger partial charge in [-0.3, -0.25) is 9.69 Å². The molecule has 1 saturated heterocycles. The summed E-state index contributed by atoms with van der Waals surface area (Å²) in [5.74, 6) is -0.171. The summed E-state index contributed by atoms with van der Waals surface area (Å²) in [4.78, 5) is 13.9. The number of ether oxygens (including phenoxy) is 2. The summed E-state index contributed by atoms with van der Waals surface area (Å²) >= 11 is 0. The van der Waals surface area contributed by atoms with Gasteiger partial charge in [-0.05, 0) is 49.8 Å². The van der Waals surface area contributed by atoms with Gasteiger partial charge < -0.3 is 9.47 Å². The van der Waals surface area contributed by atoms with E-state index in [9.17, 15) is 4.79 Å². The fourth-order valence-electron chi connectivity index (χ4n) is 3.43. The van der Waals surface area contributed by atoms with Gasteiger partial charge in [-0.15, -0.1) is 0 Å². The molecule has 1 aliphatic rings. The Balaban J connectivity index is 1.56. The molecule has 0 bridgehead atoms. The van der Waals surface area contributed by atoms with Crippen molar-refractivity contribution in [2.24, 2.45) is 0 Å². The molecule has 1 heterocycles. The number of carbonyl (C=O) groups excluding carboxylic acids is 1. The predicted octanol–water partition coefficient (Wildman–Crippen LogP) is 4.55. The van der Waals surface area contributed by atoms with Crippen LogP contribution in [0.15, 0.2) is 48.5 Å². The number of likely N-dealkylation sites (tertiary alicyclic amines) is 1. The SMILES string of the molecule is CCOC(=O)CN1CCCCC1OCc1ccc(-c2ccc(C)cc2)cc1. The van der Waals surface area contributed by atoms with Crippen LogP contribution in [0.1, 0.15) is 37.3 Å². The zero-order valence-electron chi connectivity index (χ0n) is 16.3. The van der Waals surface area contributed by atoms with E-state index in [4.69, 9.17) is 9.47 Å². The Kier molecular flexibility index (Phi) is 7.02. The van der Waals surface area contributed by atoms with Crippen LogP contribution >= 0.6 is 0 Å². The van der Waals surface area contributed by atoms with Gasteiger partial charge in [0.2, 0.25) is 0 Å². The standard InChI is InChI=1S/C23H29NO3/c1-3-26-23(25)16-24-15-5-4-6-22(24)27-17-19-9-13-21(14-10-19)20-11-7-18(2)8-12-20/h7-14,22H,3-6,15-17H2,1-2H3. The number of nitrogens with zero attached hydrogens (tertiary/aromatic N) is 1. The van der Waals surface area contributed by atoms with Crippen molar-refractivity contribution >= 4 is 5.97 Å². The third kappa shape index (κ3) is 5.65. The molecule has 0 spiro atoms. The van der Waals surface area contributed by atoms with Gasteiger partial charge in [-0.25, -0.2) is 0 Å². The molecule has 1 unspecified atom stereocenters. The Morgan fingerprint density at radius 1 is 1.04 bits per heavy atom. The van der Waals surface area contributed by atoms with Crippen LogP contribution in [-0.4, -0.2) is 36.8 Å². The van der Waals surface area contributed by atoms with Crippen molar-refractivity contribution in [1.29, 1.82) is 0 Å². The first-order chi connectivity index (χ1) is 13.2. The molecule has 4 heteroatoms. The first-order valence-corrected chi connectivity index (χ1v) is 9.83. The Morgan fingerprint density at radius 3 is 2.37 bits per heavy atom. The highest BCUT2D eigenvalue weighted by atomic mass is 16.5. The molecule has 2 aromatic rings. The number of rotatable bonds is 7. The van der Waals surface area contributed by atoms with E-state index in [1.807, 2.05) is 6.92 Å². The van der Waals surface area contributed by atoms with Crippen molar-refractivity contribution in [2.75, 3.05) is 19.7 Å². The lowest BCUT2D eigenvalue weighted by Crippen LogP contribution is -2.44. The summed E-state index contributed by atoms with van der Waals surface area (Å²) in [6.45, 7) is 6.10. The summed E-state index contributed by atoms with van der Waals surface area (Å²) in [5, 5.41) is 0. The van der Waals surface area contributed by atoms with Gasteiger partial charge in [0.05, 0.1) is 19.8 Å². The number of esters is 1. The molecule has 0 aromatic heterocycles. The average molecular weight is 367 g/mol. The van der Waals surface area contributed by atoms with Crippen LogP contribution < -0.4 is 0 Å². The zero-order valence-corrected chi connectivity index (χ0v) is 16.3. The highest BCUT2D eigenvalue weighted by Gasteiger charge is 2.25. The molecule has 144 valence electrons. The van der Waals surface area contributed by atoms with Gasteiger partial charge in [-0.2, -0.15) is 0 Å². The lowest BCUT2D eigenvalue weighted by Gasteiger charge is -2.34. The molecule has 1 fully saturated rings. The highest BCUT2D eigenvalue weighted by molar-refractivity contribution is 5.71. The summed E-state index contributed by atoms with van der Waals surface area (Å²) in [6, 6.07) is 17.1. The molecular weight excluding hydrogens is 338 g/mol. The minimum Gasteiger partial charge on any atom is -0.465 e. The number of hydrogen-bond acceptors (Lipinski definition) is 4. The second kappa shape index (κ2) is 9.67. The maximum atomic E-state index is 11.8. The number of aryl methyl sites for hydroxylation is 1. The highest BCUT2D eigenvalue weighted by Crippen LogP contribution is 2.22. The van der Waals surface area contributed by atoms with Gasteiger partial charge in [0, 0.05) is 6.54 Å². The van der Waals surface area contributed by atoms with E-state index in [0.717, 1.165) is 31.4 Å². The van der Waals surface area contributed by atoms with Crippen LogP contribution in [0, 0.1) is 6.92 Å². The molecule has 27 heavy (non-hydrogen) atoms. The van der Waals surface area contributed by atoms with Crippen LogP contribution in [0.2, 0.25) is 0 Å². The van der Waals surface area contributed by atoms with E-state index in [0.29, 0.717) is 19.8 Å². The normalized spacial score (nSPS) is 17.6. The Hall–Kier alpha value is -2.17. The van der Waals surface area contributed by atoms with E-state index >= 15 is 0 Å². The lowest BCUT2D eigenvalue weighted by atomic mass is 10.0. The summed E-state index contributed by atoms with van der Waals surface area (Å²) < 4.78 is 11.2. The van der Waals surface area contributed by atoms with Crippen LogP contribution in [0.5, 0.6) is 0 Å². The van der Waals surface area contributed by atoms with Crippen LogP contribution in [0.3, 0.4) is 0 Å². The van der Waals surface area contributed by atoms with E-state index in [1.54, 1.807) is 0 Å². The first-order valence-electron chi connectivity index (χ1n) is 9.83. The van der Waals surface area contributed by atoms with Crippen molar-refractivity contribution in [3.8, 4) is 11.1 Å². The molecule has 2 aromatic carbocycles. The largest absolute Gasteiger partial charge is 0.465 e. The van der Waals surface area contributed by atoms with Crippen molar-refractivity contribution in [1.82, 2.24) is 4.90 Å². The number of piperidine rings is 1. The van der Waals surface area contributed by atoms with E-state index < -0.39 is 0 Å². The molecule has 0 radical (unpaired) electrons. The maximum Gasteiger partial charge on any atom is 0.320 e. The number of carbonyl (C=O) groups is 1.